The lowest BCUT2D eigenvalue weighted by Crippen LogP contribution is -2.44. The van der Waals surface area contributed by atoms with Gasteiger partial charge in [0.25, 0.3) is 0 Å². The van der Waals surface area contributed by atoms with Crippen LogP contribution in [-0.2, 0) is 16.1 Å². The zero-order chi connectivity index (χ0) is 15.7. The fourth-order valence-corrected chi connectivity index (χ4v) is 3.56. The van der Waals surface area contributed by atoms with E-state index in [1.54, 1.807) is 4.90 Å². The van der Waals surface area contributed by atoms with Crippen molar-refractivity contribution in [2.75, 3.05) is 6.54 Å². The van der Waals surface area contributed by atoms with Crippen molar-refractivity contribution in [2.24, 2.45) is 11.8 Å². The molecule has 22 heavy (non-hydrogen) atoms. The molecule has 3 atom stereocenters. The van der Waals surface area contributed by atoms with Crippen LogP contribution in [0.15, 0.2) is 30.3 Å². The molecule has 0 bridgehead atoms. The van der Waals surface area contributed by atoms with E-state index in [0.717, 1.165) is 12.0 Å². The van der Waals surface area contributed by atoms with Gasteiger partial charge in [0.05, 0.1) is 18.0 Å². The Morgan fingerprint density at radius 1 is 1.36 bits per heavy atom. The fraction of sp³-hybridized carbons (Fsp3) is 0.529. The van der Waals surface area contributed by atoms with Crippen LogP contribution in [0.25, 0.3) is 0 Å². The quantitative estimate of drug-likeness (QED) is 0.931. The van der Waals surface area contributed by atoms with E-state index < -0.39 is 0 Å². The lowest BCUT2D eigenvalue weighted by molar-refractivity contribution is -0.124. The third kappa shape index (κ3) is 2.67. The molecule has 2 heterocycles. The van der Waals surface area contributed by atoms with Crippen LogP contribution in [0.1, 0.15) is 25.8 Å². The third-order valence-corrected chi connectivity index (χ3v) is 4.61. The van der Waals surface area contributed by atoms with E-state index in [2.05, 4.69) is 5.32 Å². The van der Waals surface area contributed by atoms with Gasteiger partial charge in [-0.3, -0.25) is 4.79 Å². The van der Waals surface area contributed by atoms with Crippen molar-refractivity contribution in [1.29, 1.82) is 0 Å². The minimum Gasteiger partial charge on any atom is -0.445 e. The maximum atomic E-state index is 12.4. The van der Waals surface area contributed by atoms with E-state index in [9.17, 15) is 9.59 Å². The largest absolute Gasteiger partial charge is 0.445 e. The molecule has 2 unspecified atom stereocenters. The molecule has 2 saturated heterocycles. The molecule has 118 valence electrons. The summed E-state index contributed by atoms with van der Waals surface area (Å²) in [5.41, 5.74) is 0.965. The molecule has 0 saturated carbocycles. The molecular formula is C17H22N2O3. The second-order valence-electron chi connectivity index (χ2n) is 6.40. The van der Waals surface area contributed by atoms with Crippen LogP contribution in [0.4, 0.5) is 4.79 Å². The van der Waals surface area contributed by atoms with Gasteiger partial charge in [0.2, 0.25) is 5.91 Å². The number of hydrogen-bond acceptors (Lipinski definition) is 3. The minimum atomic E-state index is -0.321. The number of rotatable bonds is 3. The topological polar surface area (TPSA) is 58.6 Å². The maximum absolute atomic E-state index is 12.4. The monoisotopic (exact) mass is 302 g/mol. The van der Waals surface area contributed by atoms with E-state index in [4.69, 9.17) is 4.74 Å². The standard InChI is InChI=1S/C17H22N2O3/c1-11(2)14-15-13(18-16(14)20)8-9-19(15)17(21)22-10-12-6-4-3-5-7-12/h3-7,11,13-15H,8-10H2,1-2H3,(H,18,20)/t13?,14?,15-/m1/s1. The summed E-state index contributed by atoms with van der Waals surface area (Å²) >= 11 is 0. The molecule has 1 N–H and O–H groups in total. The average molecular weight is 302 g/mol. The summed E-state index contributed by atoms with van der Waals surface area (Å²) < 4.78 is 5.43. The average Bonchev–Trinajstić information content (AvgIpc) is 3.03. The zero-order valence-electron chi connectivity index (χ0n) is 13.0. The van der Waals surface area contributed by atoms with E-state index in [0.29, 0.717) is 6.54 Å². The van der Waals surface area contributed by atoms with Gasteiger partial charge in [-0.25, -0.2) is 4.79 Å². The number of nitrogens with one attached hydrogen (secondary N) is 1. The first-order valence-corrected chi connectivity index (χ1v) is 7.85. The first-order chi connectivity index (χ1) is 10.6. The van der Waals surface area contributed by atoms with Gasteiger partial charge in [0.15, 0.2) is 0 Å². The Morgan fingerprint density at radius 2 is 2.09 bits per heavy atom. The second-order valence-corrected chi connectivity index (χ2v) is 6.40. The lowest BCUT2D eigenvalue weighted by atomic mass is 9.88. The summed E-state index contributed by atoms with van der Waals surface area (Å²) in [5, 5.41) is 3.02. The van der Waals surface area contributed by atoms with Crippen LogP contribution in [-0.4, -0.2) is 35.5 Å². The van der Waals surface area contributed by atoms with Gasteiger partial charge < -0.3 is 15.0 Å². The molecule has 2 aliphatic heterocycles. The van der Waals surface area contributed by atoms with Crippen LogP contribution < -0.4 is 5.32 Å². The van der Waals surface area contributed by atoms with Crippen molar-refractivity contribution in [1.82, 2.24) is 10.2 Å². The summed E-state index contributed by atoms with van der Waals surface area (Å²) in [5.74, 6) is 0.125. The molecule has 5 nitrogen and oxygen atoms in total. The van der Waals surface area contributed by atoms with Gasteiger partial charge in [-0.1, -0.05) is 44.2 Å². The summed E-state index contributed by atoms with van der Waals surface area (Å²) in [4.78, 5) is 26.2. The normalized spacial score (nSPS) is 27.0. The number of likely N-dealkylation sites (tertiary alicyclic amines) is 1. The van der Waals surface area contributed by atoms with Gasteiger partial charge in [-0.05, 0) is 17.9 Å². The molecule has 0 aromatic heterocycles. The van der Waals surface area contributed by atoms with E-state index in [1.165, 1.54) is 0 Å². The van der Waals surface area contributed by atoms with Gasteiger partial charge in [0.1, 0.15) is 6.61 Å². The van der Waals surface area contributed by atoms with Crippen molar-refractivity contribution in [3.8, 4) is 0 Å². The van der Waals surface area contributed by atoms with Gasteiger partial charge in [-0.2, -0.15) is 0 Å². The van der Waals surface area contributed by atoms with Crippen LogP contribution in [0.3, 0.4) is 0 Å². The first kappa shape index (κ1) is 14.9. The predicted molar refractivity (Wildman–Crippen MR) is 82.0 cm³/mol. The van der Waals surface area contributed by atoms with Crippen molar-refractivity contribution in [2.45, 2.75) is 39.0 Å². The molecule has 0 aliphatic carbocycles. The van der Waals surface area contributed by atoms with Gasteiger partial charge in [0, 0.05) is 6.54 Å². The number of amides is 2. The van der Waals surface area contributed by atoms with Crippen molar-refractivity contribution < 1.29 is 14.3 Å². The third-order valence-electron chi connectivity index (χ3n) is 4.61. The SMILES string of the molecule is CC(C)C1C(=O)NC2CCN(C(=O)OCc3ccccc3)[C@H]21. The Morgan fingerprint density at radius 3 is 2.77 bits per heavy atom. The summed E-state index contributed by atoms with van der Waals surface area (Å²) in [6.07, 6.45) is 0.485. The summed E-state index contributed by atoms with van der Waals surface area (Å²) in [6.45, 7) is 4.96. The molecule has 3 rings (SSSR count). The Labute approximate surface area is 130 Å². The molecule has 2 amide bonds. The smallest absolute Gasteiger partial charge is 0.410 e. The van der Waals surface area contributed by atoms with E-state index in [-0.39, 0.29) is 42.5 Å². The molecule has 0 spiro atoms. The molecule has 1 aromatic rings. The summed E-state index contributed by atoms with van der Waals surface area (Å²) in [6, 6.07) is 9.63. The Balaban J connectivity index is 1.66. The number of nitrogens with zero attached hydrogens (tertiary/aromatic N) is 1. The first-order valence-electron chi connectivity index (χ1n) is 7.85. The highest BCUT2D eigenvalue weighted by Crippen LogP contribution is 2.34. The summed E-state index contributed by atoms with van der Waals surface area (Å²) in [7, 11) is 0. The zero-order valence-corrected chi connectivity index (χ0v) is 13.0. The molecule has 2 aliphatic rings. The Kier molecular flexibility index (Phi) is 4.05. The fourth-order valence-electron chi connectivity index (χ4n) is 3.56. The van der Waals surface area contributed by atoms with E-state index >= 15 is 0 Å². The van der Waals surface area contributed by atoms with E-state index in [1.807, 2.05) is 44.2 Å². The highest BCUT2D eigenvalue weighted by molar-refractivity contribution is 5.84. The lowest BCUT2D eigenvalue weighted by Gasteiger charge is -2.28. The van der Waals surface area contributed by atoms with Crippen LogP contribution in [0, 0.1) is 11.8 Å². The van der Waals surface area contributed by atoms with Gasteiger partial charge in [-0.15, -0.1) is 0 Å². The molecule has 1 aromatic carbocycles. The number of carbonyl (C=O) groups excluding carboxylic acids is 2. The van der Waals surface area contributed by atoms with Crippen LogP contribution in [0.2, 0.25) is 0 Å². The molecule has 5 heteroatoms. The Bertz CT molecular complexity index is 558. The number of hydrogen-bond donors (Lipinski definition) is 1. The number of ether oxygens (including phenoxy) is 1. The van der Waals surface area contributed by atoms with Crippen LogP contribution in [0.5, 0.6) is 0 Å². The molecular weight excluding hydrogens is 280 g/mol. The van der Waals surface area contributed by atoms with Gasteiger partial charge >= 0.3 is 6.09 Å². The number of fused-ring (bicyclic) bond motifs is 1. The second kappa shape index (κ2) is 5.99. The maximum Gasteiger partial charge on any atom is 0.410 e. The minimum absolute atomic E-state index is 0.0607. The number of carbonyl (C=O) groups is 2. The van der Waals surface area contributed by atoms with Crippen molar-refractivity contribution in [3.05, 3.63) is 35.9 Å². The molecule has 2 fully saturated rings. The Hall–Kier alpha value is -2.04. The molecule has 0 radical (unpaired) electrons. The number of benzene rings is 1. The highest BCUT2D eigenvalue weighted by atomic mass is 16.6. The van der Waals surface area contributed by atoms with Crippen LogP contribution >= 0.6 is 0 Å². The van der Waals surface area contributed by atoms with Crippen molar-refractivity contribution >= 4 is 12.0 Å². The highest BCUT2D eigenvalue weighted by Gasteiger charge is 2.51. The van der Waals surface area contributed by atoms with Crippen molar-refractivity contribution in [3.63, 3.8) is 0 Å². The predicted octanol–water partition coefficient (Wildman–Crippen LogP) is 2.17.